The van der Waals surface area contributed by atoms with Gasteiger partial charge in [-0.1, -0.05) is 12.1 Å². The minimum atomic E-state index is -0.0126. The minimum absolute atomic E-state index is 0.0126. The Morgan fingerprint density at radius 1 is 1.42 bits per heavy atom. The van der Waals surface area contributed by atoms with Crippen LogP contribution in [-0.2, 0) is 19.3 Å². The summed E-state index contributed by atoms with van der Waals surface area (Å²) in [6.07, 6.45) is 4.41. The standard InChI is InChI=1S/C15H18N2OS/c1-18-11-5-2-4-10(8-11)12(16)9-15-17-13-6-3-7-14(13)19-15/h2,4-5,8,12H,3,6-7,9,16H2,1H3. The predicted molar refractivity (Wildman–Crippen MR) is 77.8 cm³/mol. The van der Waals surface area contributed by atoms with Crippen LogP contribution in [0.2, 0.25) is 0 Å². The van der Waals surface area contributed by atoms with Gasteiger partial charge in [-0.3, -0.25) is 0 Å². The summed E-state index contributed by atoms with van der Waals surface area (Å²) in [6.45, 7) is 0. The van der Waals surface area contributed by atoms with Crippen LogP contribution < -0.4 is 10.5 Å². The normalized spacial score (nSPS) is 15.3. The largest absolute Gasteiger partial charge is 0.497 e. The molecular weight excluding hydrogens is 256 g/mol. The molecule has 0 saturated carbocycles. The van der Waals surface area contributed by atoms with Gasteiger partial charge in [-0.05, 0) is 37.0 Å². The predicted octanol–water partition coefficient (Wildman–Crippen LogP) is 2.88. The summed E-state index contributed by atoms with van der Waals surface area (Å²) in [6, 6.07) is 7.96. The van der Waals surface area contributed by atoms with Gasteiger partial charge in [0.15, 0.2) is 0 Å². The molecule has 0 radical (unpaired) electrons. The number of methoxy groups -OCH3 is 1. The molecule has 1 aromatic carbocycles. The molecule has 1 aliphatic rings. The van der Waals surface area contributed by atoms with Crippen LogP contribution in [0.1, 0.15) is 33.6 Å². The van der Waals surface area contributed by atoms with Gasteiger partial charge in [0.05, 0.1) is 17.8 Å². The second-order valence-electron chi connectivity index (χ2n) is 4.92. The molecule has 0 saturated heterocycles. The van der Waals surface area contributed by atoms with Crippen LogP contribution in [0.4, 0.5) is 0 Å². The average molecular weight is 274 g/mol. The minimum Gasteiger partial charge on any atom is -0.497 e. The Morgan fingerprint density at radius 2 is 2.32 bits per heavy atom. The van der Waals surface area contributed by atoms with E-state index in [1.54, 1.807) is 7.11 Å². The van der Waals surface area contributed by atoms with E-state index in [4.69, 9.17) is 15.5 Å². The first-order valence-electron chi connectivity index (χ1n) is 6.63. The third-order valence-electron chi connectivity index (χ3n) is 3.56. The van der Waals surface area contributed by atoms with E-state index in [2.05, 4.69) is 6.07 Å². The van der Waals surface area contributed by atoms with Crippen molar-refractivity contribution in [3.05, 3.63) is 45.4 Å². The summed E-state index contributed by atoms with van der Waals surface area (Å²) >= 11 is 1.83. The molecular formula is C15H18N2OS. The van der Waals surface area contributed by atoms with Crippen molar-refractivity contribution in [1.82, 2.24) is 4.98 Å². The summed E-state index contributed by atoms with van der Waals surface area (Å²) in [4.78, 5) is 6.17. The molecule has 3 nitrogen and oxygen atoms in total. The van der Waals surface area contributed by atoms with Gasteiger partial charge >= 0.3 is 0 Å². The number of hydrogen-bond donors (Lipinski definition) is 1. The number of hydrogen-bond acceptors (Lipinski definition) is 4. The lowest BCUT2D eigenvalue weighted by Crippen LogP contribution is -2.13. The summed E-state index contributed by atoms with van der Waals surface area (Å²) < 4.78 is 5.24. The van der Waals surface area contributed by atoms with Crippen molar-refractivity contribution in [2.24, 2.45) is 5.73 Å². The number of fused-ring (bicyclic) bond motifs is 1. The SMILES string of the molecule is COc1cccc(C(N)Cc2nc3c(s2)CCC3)c1. The molecule has 1 atom stereocenters. The summed E-state index contributed by atoms with van der Waals surface area (Å²) in [5, 5.41) is 1.17. The van der Waals surface area contributed by atoms with Crippen LogP contribution in [-0.4, -0.2) is 12.1 Å². The van der Waals surface area contributed by atoms with Gasteiger partial charge in [-0.2, -0.15) is 0 Å². The molecule has 4 heteroatoms. The molecule has 1 unspecified atom stereocenters. The lowest BCUT2D eigenvalue weighted by atomic mass is 10.0. The van der Waals surface area contributed by atoms with Crippen LogP contribution in [0.15, 0.2) is 24.3 Å². The Morgan fingerprint density at radius 3 is 3.11 bits per heavy atom. The maximum atomic E-state index is 6.28. The molecule has 100 valence electrons. The first-order chi connectivity index (χ1) is 9.26. The highest BCUT2D eigenvalue weighted by molar-refractivity contribution is 7.11. The molecule has 0 spiro atoms. The summed E-state index contributed by atoms with van der Waals surface area (Å²) in [7, 11) is 1.68. The lowest BCUT2D eigenvalue weighted by Gasteiger charge is -2.11. The highest BCUT2D eigenvalue weighted by Crippen LogP contribution is 2.30. The van der Waals surface area contributed by atoms with E-state index in [1.165, 1.54) is 28.4 Å². The van der Waals surface area contributed by atoms with Crippen molar-refractivity contribution in [1.29, 1.82) is 0 Å². The zero-order valence-corrected chi connectivity index (χ0v) is 11.9. The topological polar surface area (TPSA) is 48.1 Å². The van der Waals surface area contributed by atoms with E-state index in [0.29, 0.717) is 0 Å². The van der Waals surface area contributed by atoms with Crippen molar-refractivity contribution in [2.75, 3.05) is 7.11 Å². The Hall–Kier alpha value is -1.39. The number of aryl methyl sites for hydroxylation is 2. The first kappa shape index (κ1) is 12.6. The quantitative estimate of drug-likeness (QED) is 0.932. The van der Waals surface area contributed by atoms with Gasteiger partial charge in [0.1, 0.15) is 5.75 Å². The van der Waals surface area contributed by atoms with Crippen LogP contribution in [0, 0.1) is 0 Å². The number of nitrogens with two attached hydrogens (primary N) is 1. The zero-order valence-electron chi connectivity index (χ0n) is 11.1. The van der Waals surface area contributed by atoms with Gasteiger partial charge in [-0.25, -0.2) is 4.98 Å². The summed E-state index contributed by atoms with van der Waals surface area (Å²) in [5.74, 6) is 0.856. The molecule has 0 fully saturated rings. The van der Waals surface area contributed by atoms with Crippen molar-refractivity contribution in [3.63, 3.8) is 0 Å². The molecule has 0 aliphatic heterocycles. The van der Waals surface area contributed by atoms with Gasteiger partial charge in [0, 0.05) is 17.3 Å². The number of aromatic nitrogens is 1. The molecule has 1 heterocycles. The fraction of sp³-hybridized carbons (Fsp3) is 0.400. The van der Waals surface area contributed by atoms with Crippen molar-refractivity contribution >= 4 is 11.3 Å². The Bertz CT molecular complexity index is 558. The van der Waals surface area contributed by atoms with E-state index in [9.17, 15) is 0 Å². The molecule has 2 N–H and O–H groups in total. The average Bonchev–Trinajstić information content (AvgIpc) is 2.99. The second kappa shape index (κ2) is 5.31. The van der Waals surface area contributed by atoms with Crippen molar-refractivity contribution in [2.45, 2.75) is 31.7 Å². The van der Waals surface area contributed by atoms with Crippen molar-refractivity contribution < 1.29 is 4.74 Å². The molecule has 1 aliphatic carbocycles. The molecule has 3 rings (SSSR count). The van der Waals surface area contributed by atoms with Crippen molar-refractivity contribution in [3.8, 4) is 5.75 Å². The summed E-state index contributed by atoms with van der Waals surface area (Å²) in [5.41, 5.74) is 8.69. The fourth-order valence-electron chi connectivity index (χ4n) is 2.51. The van der Waals surface area contributed by atoms with Crippen LogP contribution in [0.25, 0.3) is 0 Å². The van der Waals surface area contributed by atoms with E-state index < -0.39 is 0 Å². The number of rotatable bonds is 4. The third-order valence-corrected chi connectivity index (χ3v) is 4.74. The number of nitrogens with zero attached hydrogens (tertiary/aromatic N) is 1. The van der Waals surface area contributed by atoms with E-state index >= 15 is 0 Å². The van der Waals surface area contributed by atoms with Gasteiger partial charge in [0.25, 0.3) is 0 Å². The Balaban J connectivity index is 1.74. The zero-order chi connectivity index (χ0) is 13.2. The highest BCUT2D eigenvalue weighted by Gasteiger charge is 2.18. The number of ether oxygens (including phenoxy) is 1. The smallest absolute Gasteiger partial charge is 0.119 e. The third kappa shape index (κ3) is 2.65. The lowest BCUT2D eigenvalue weighted by molar-refractivity contribution is 0.414. The van der Waals surface area contributed by atoms with Gasteiger partial charge < -0.3 is 10.5 Å². The Kier molecular flexibility index (Phi) is 3.53. The number of benzene rings is 1. The van der Waals surface area contributed by atoms with Gasteiger partial charge in [0.2, 0.25) is 0 Å². The monoisotopic (exact) mass is 274 g/mol. The van der Waals surface area contributed by atoms with Crippen LogP contribution >= 0.6 is 11.3 Å². The second-order valence-corrected chi connectivity index (χ2v) is 6.09. The molecule has 0 amide bonds. The maximum absolute atomic E-state index is 6.28. The first-order valence-corrected chi connectivity index (χ1v) is 7.45. The molecule has 0 bridgehead atoms. The van der Waals surface area contributed by atoms with Crippen LogP contribution in [0.3, 0.4) is 0 Å². The molecule has 1 aromatic heterocycles. The molecule has 19 heavy (non-hydrogen) atoms. The number of thiazole rings is 1. The Labute approximate surface area is 117 Å². The van der Waals surface area contributed by atoms with E-state index in [1.807, 2.05) is 29.5 Å². The van der Waals surface area contributed by atoms with Crippen LogP contribution in [0.5, 0.6) is 5.75 Å². The fourth-order valence-corrected chi connectivity index (χ4v) is 3.72. The highest BCUT2D eigenvalue weighted by atomic mass is 32.1. The van der Waals surface area contributed by atoms with Gasteiger partial charge in [-0.15, -0.1) is 11.3 Å². The van der Waals surface area contributed by atoms with E-state index in [-0.39, 0.29) is 6.04 Å². The molecule has 2 aromatic rings. The maximum Gasteiger partial charge on any atom is 0.119 e. The van der Waals surface area contributed by atoms with E-state index in [0.717, 1.165) is 24.2 Å².